The Kier molecular flexibility index (Phi) is 7.28. The number of carbonyl (C=O) groups excluding carboxylic acids is 2. The van der Waals surface area contributed by atoms with Gasteiger partial charge in [-0.2, -0.15) is 0 Å². The van der Waals surface area contributed by atoms with Crippen LogP contribution < -0.4 is 10.6 Å². The van der Waals surface area contributed by atoms with Gasteiger partial charge in [0.05, 0.1) is 5.56 Å². The normalized spacial score (nSPS) is 15.2. The highest BCUT2D eigenvalue weighted by Crippen LogP contribution is 2.25. The van der Waals surface area contributed by atoms with Gasteiger partial charge in [0.1, 0.15) is 11.7 Å². The summed E-state index contributed by atoms with van der Waals surface area (Å²) in [6.45, 7) is 8.06. The van der Waals surface area contributed by atoms with Crippen LogP contribution in [-0.2, 0) is 4.79 Å². The minimum Gasteiger partial charge on any atom is -0.478 e. The Bertz CT molecular complexity index is 1370. The maximum absolute atomic E-state index is 14.8. The van der Waals surface area contributed by atoms with E-state index in [9.17, 15) is 23.9 Å². The fourth-order valence-electron chi connectivity index (χ4n) is 4.69. The number of aromatic nitrogens is 2. The molecule has 0 radical (unpaired) electrons. The zero-order valence-electron chi connectivity index (χ0n) is 21.2. The lowest BCUT2D eigenvalue weighted by atomic mass is 9.98. The number of rotatable bonds is 6. The van der Waals surface area contributed by atoms with Gasteiger partial charge in [0, 0.05) is 30.1 Å². The van der Waals surface area contributed by atoms with Crippen LogP contribution in [0.4, 0.5) is 20.7 Å². The number of amides is 3. The number of anilines is 2. The largest absolute Gasteiger partial charge is 0.478 e. The molecule has 3 aromatic rings. The predicted octanol–water partition coefficient (Wildman–Crippen LogP) is 5.08. The van der Waals surface area contributed by atoms with E-state index in [2.05, 4.69) is 29.6 Å². The molecular weight excluding hydrogens is 477 g/mol. The van der Waals surface area contributed by atoms with Crippen molar-refractivity contribution in [2.24, 2.45) is 0 Å². The Balaban J connectivity index is 1.44. The van der Waals surface area contributed by atoms with Crippen LogP contribution in [0.5, 0.6) is 0 Å². The maximum atomic E-state index is 14.8. The van der Waals surface area contributed by atoms with Crippen LogP contribution in [-0.4, -0.2) is 50.3 Å². The summed E-state index contributed by atoms with van der Waals surface area (Å²) in [7, 11) is 0. The number of urea groups is 1. The minimum atomic E-state index is -1.22. The van der Waals surface area contributed by atoms with E-state index in [1.54, 1.807) is 0 Å². The second-order valence-corrected chi connectivity index (χ2v) is 9.52. The molecule has 1 aliphatic heterocycles. The Morgan fingerprint density at radius 1 is 1.11 bits per heavy atom. The highest BCUT2D eigenvalue weighted by Gasteiger charge is 2.34. The van der Waals surface area contributed by atoms with Crippen LogP contribution >= 0.6 is 0 Å². The second kappa shape index (κ2) is 10.4. The molecule has 0 unspecified atom stereocenters. The number of nitrogens with one attached hydrogen (secondary N) is 2. The molecule has 1 atom stereocenters. The first-order valence-corrected chi connectivity index (χ1v) is 12.1. The maximum Gasteiger partial charge on any atom is 0.336 e. The average molecular weight is 508 g/mol. The van der Waals surface area contributed by atoms with E-state index in [1.165, 1.54) is 46.5 Å². The lowest BCUT2D eigenvalue weighted by molar-refractivity contribution is -0.119. The third-order valence-corrected chi connectivity index (χ3v) is 6.64. The van der Waals surface area contributed by atoms with E-state index < -0.39 is 17.8 Å². The first kappa shape index (κ1) is 25.9. The molecule has 1 fully saturated rings. The fraction of sp³-hybridized carbons (Fsp3) is 0.333. The number of carboxylic acid groups (broad SMARTS) is 1. The first-order valence-electron chi connectivity index (χ1n) is 12.1. The van der Waals surface area contributed by atoms with Gasteiger partial charge in [0.15, 0.2) is 11.6 Å². The number of aromatic carboxylic acids is 1. The molecule has 9 nitrogen and oxygen atoms in total. The Hall–Kier alpha value is -4.21. The number of nitrogens with zero attached hydrogens (tertiary/aromatic N) is 3. The zero-order chi connectivity index (χ0) is 26.9. The molecule has 0 spiro atoms. The summed E-state index contributed by atoms with van der Waals surface area (Å²) in [4.78, 5) is 38.7. The van der Waals surface area contributed by atoms with Crippen LogP contribution in [0.25, 0.3) is 5.69 Å². The van der Waals surface area contributed by atoms with E-state index in [0.29, 0.717) is 31.0 Å². The number of carboxylic acids is 1. The van der Waals surface area contributed by atoms with Crippen LogP contribution in [0.2, 0.25) is 0 Å². The van der Waals surface area contributed by atoms with Gasteiger partial charge in [0.25, 0.3) is 0 Å². The Morgan fingerprint density at radius 3 is 2.54 bits per heavy atom. The van der Waals surface area contributed by atoms with Gasteiger partial charge < -0.3 is 20.6 Å². The molecule has 1 saturated heterocycles. The summed E-state index contributed by atoms with van der Waals surface area (Å²) in [6, 6.07) is 8.91. The standard InChI is InChI=1S/C27H30FN5O4/c1-15(2)19-8-7-18(14-16(19)3)29-27(37)32-12-5-6-22(32)25(34)30-23-11-13-33(31-23)21-10-9-20(26(35)36)17(4)24(21)28/h7-11,13-15,22H,5-6,12H2,1-4H3,(H,29,37)(H,35,36)(H,30,31,34)/t22-/m1/s1. The molecule has 0 saturated carbocycles. The lowest BCUT2D eigenvalue weighted by Crippen LogP contribution is -2.45. The number of hydrogen-bond acceptors (Lipinski definition) is 4. The SMILES string of the molecule is Cc1cc(NC(=O)N2CCC[C@@H]2C(=O)Nc2ccn(-c3ccc(C(=O)O)c(C)c3F)n2)ccc1C(C)C. The quantitative estimate of drug-likeness (QED) is 0.430. The van der Waals surface area contributed by atoms with E-state index in [1.807, 2.05) is 25.1 Å². The van der Waals surface area contributed by atoms with Crippen molar-refractivity contribution in [1.82, 2.24) is 14.7 Å². The van der Waals surface area contributed by atoms with Crippen molar-refractivity contribution in [1.29, 1.82) is 0 Å². The van der Waals surface area contributed by atoms with Crippen molar-refractivity contribution in [3.05, 3.63) is 70.7 Å². The predicted molar refractivity (Wildman–Crippen MR) is 138 cm³/mol. The molecule has 1 aliphatic rings. The highest BCUT2D eigenvalue weighted by atomic mass is 19.1. The molecule has 4 rings (SSSR count). The van der Waals surface area contributed by atoms with Crippen LogP contribution in [0.3, 0.4) is 0 Å². The lowest BCUT2D eigenvalue weighted by Gasteiger charge is -2.24. The minimum absolute atomic E-state index is 0.00673. The molecule has 3 amide bonds. The van der Waals surface area contributed by atoms with E-state index in [4.69, 9.17) is 0 Å². The summed E-state index contributed by atoms with van der Waals surface area (Å²) in [5, 5.41) is 19.0. The Labute approximate surface area is 214 Å². The molecule has 10 heteroatoms. The number of hydrogen-bond donors (Lipinski definition) is 3. The summed E-state index contributed by atoms with van der Waals surface area (Å²) >= 11 is 0. The van der Waals surface area contributed by atoms with Gasteiger partial charge in [0.2, 0.25) is 5.91 Å². The first-order chi connectivity index (χ1) is 17.6. The third-order valence-electron chi connectivity index (χ3n) is 6.64. The monoisotopic (exact) mass is 507 g/mol. The van der Waals surface area contributed by atoms with Crippen LogP contribution in [0.1, 0.15) is 59.7 Å². The number of carbonyl (C=O) groups is 3. The van der Waals surface area contributed by atoms with Gasteiger partial charge in [-0.25, -0.2) is 18.7 Å². The van der Waals surface area contributed by atoms with Crippen molar-refractivity contribution in [3.63, 3.8) is 0 Å². The molecule has 1 aromatic heterocycles. The second-order valence-electron chi connectivity index (χ2n) is 9.52. The average Bonchev–Trinajstić information content (AvgIpc) is 3.50. The van der Waals surface area contributed by atoms with Crippen molar-refractivity contribution < 1.29 is 23.9 Å². The van der Waals surface area contributed by atoms with Gasteiger partial charge in [-0.05, 0) is 68.0 Å². The summed E-state index contributed by atoms with van der Waals surface area (Å²) in [6.07, 6.45) is 2.66. The molecular formula is C27H30FN5O4. The molecule has 0 aliphatic carbocycles. The van der Waals surface area contributed by atoms with Gasteiger partial charge in [-0.1, -0.05) is 19.9 Å². The van der Waals surface area contributed by atoms with Gasteiger partial charge in [-0.3, -0.25) is 4.79 Å². The van der Waals surface area contributed by atoms with Gasteiger partial charge >= 0.3 is 12.0 Å². The summed E-state index contributed by atoms with van der Waals surface area (Å²) < 4.78 is 16.0. The third kappa shape index (κ3) is 5.32. The fourth-order valence-corrected chi connectivity index (χ4v) is 4.69. The Morgan fingerprint density at radius 2 is 1.86 bits per heavy atom. The molecule has 2 aromatic carbocycles. The summed E-state index contributed by atoms with van der Waals surface area (Å²) in [5.74, 6) is -1.75. The van der Waals surface area contributed by atoms with E-state index >= 15 is 0 Å². The van der Waals surface area contributed by atoms with Gasteiger partial charge in [-0.15, -0.1) is 5.10 Å². The smallest absolute Gasteiger partial charge is 0.336 e. The van der Waals surface area contributed by atoms with Crippen LogP contribution in [0.15, 0.2) is 42.6 Å². The van der Waals surface area contributed by atoms with Crippen molar-refractivity contribution >= 4 is 29.4 Å². The van der Waals surface area contributed by atoms with Crippen molar-refractivity contribution in [2.75, 3.05) is 17.2 Å². The highest BCUT2D eigenvalue weighted by molar-refractivity contribution is 5.99. The number of benzene rings is 2. The van der Waals surface area contributed by atoms with E-state index in [-0.39, 0.29) is 34.6 Å². The molecule has 0 bridgehead atoms. The number of likely N-dealkylation sites (tertiary alicyclic amines) is 1. The molecule has 2 heterocycles. The number of halogens is 1. The van der Waals surface area contributed by atoms with E-state index in [0.717, 1.165) is 5.56 Å². The molecule has 3 N–H and O–H groups in total. The summed E-state index contributed by atoms with van der Waals surface area (Å²) in [5.41, 5.74) is 2.89. The van der Waals surface area contributed by atoms with Crippen LogP contribution in [0, 0.1) is 19.7 Å². The van der Waals surface area contributed by atoms with Crippen molar-refractivity contribution in [2.45, 2.75) is 52.5 Å². The topological polar surface area (TPSA) is 117 Å². The zero-order valence-corrected chi connectivity index (χ0v) is 21.2. The van der Waals surface area contributed by atoms with Crippen molar-refractivity contribution in [3.8, 4) is 5.69 Å². The molecule has 194 valence electrons. The number of aryl methyl sites for hydroxylation is 1. The molecule has 37 heavy (non-hydrogen) atoms.